The molecule has 2 nitrogen and oxygen atoms in total. The summed E-state index contributed by atoms with van der Waals surface area (Å²) in [4.78, 5) is 3.74. The zero-order valence-electron chi connectivity index (χ0n) is 13.8. The molecule has 3 rings (SSSR count). The first-order chi connectivity index (χ1) is 10.6. The number of fused-ring (bicyclic) bond motifs is 2. The van der Waals surface area contributed by atoms with Crippen LogP contribution in [0.4, 0.5) is 5.69 Å². The van der Waals surface area contributed by atoms with Gasteiger partial charge < -0.3 is 4.90 Å². The van der Waals surface area contributed by atoms with Crippen LogP contribution in [-0.4, -0.2) is 27.2 Å². The standard InChI is InChI=1S/C19H23N2S/c1-5-21(6-2)17-10-8-15-11-14-7-9-16(20(3)4)12-18(14)22-19(15)13-17/h7-13H,5-6H2,1-4H3/q+1. The molecule has 0 bridgehead atoms. The first kappa shape index (κ1) is 15.0. The lowest BCUT2D eigenvalue weighted by atomic mass is 10.1. The van der Waals surface area contributed by atoms with Gasteiger partial charge in [-0.15, -0.1) is 11.3 Å². The molecule has 1 aliphatic heterocycles. The highest BCUT2D eigenvalue weighted by Gasteiger charge is 2.09. The molecule has 1 heterocycles. The summed E-state index contributed by atoms with van der Waals surface area (Å²) in [5.74, 6) is 0. The van der Waals surface area contributed by atoms with E-state index in [2.05, 4.69) is 79.9 Å². The maximum absolute atomic E-state index is 2.40. The van der Waals surface area contributed by atoms with E-state index in [4.69, 9.17) is 0 Å². The Morgan fingerprint density at radius 1 is 0.955 bits per heavy atom. The third kappa shape index (κ3) is 2.73. The average Bonchev–Trinajstić information content (AvgIpc) is 2.53. The van der Waals surface area contributed by atoms with Crippen LogP contribution in [0.1, 0.15) is 13.8 Å². The van der Waals surface area contributed by atoms with E-state index in [1.54, 1.807) is 0 Å². The van der Waals surface area contributed by atoms with Gasteiger partial charge in [0.1, 0.15) is 14.1 Å². The van der Waals surface area contributed by atoms with Gasteiger partial charge in [-0.1, -0.05) is 6.07 Å². The largest absolute Gasteiger partial charge is 0.372 e. The highest BCUT2D eigenvalue weighted by atomic mass is 32.1. The molecule has 0 saturated carbocycles. The summed E-state index contributed by atoms with van der Waals surface area (Å²) in [6.07, 6.45) is 0. The van der Waals surface area contributed by atoms with E-state index in [9.17, 15) is 0 Å². The molecule has 1 aliphatic carbocycles. The van der Waals surface area contributed by atoms with Gasteiger partial charge >= 0.3 is 0 Å². The fourth-order valence-corrected chi connectivity index (χ4v) is 3.90. The van der Waals surface area contributed by atoms with Crippen LogP contribution in [0.25, 0.3) is 20.5 Å². The van der Waals surface area contributed by atoms with Crippen molar-refractivity contribution in [3.8, 4) is 10.4 Å². The molecule has 0 unspecified atom stereocenters. The van der Waals surface area contributed by atoms with Gasteiger partial charge in [-0.05, 0) is 49.1 Å². The molecule has 0 fully saturated rings. The summed E-state index contributed by atoms with van der Waals surface area (Å²) in [6.45, 7) is 6.51. The van der Waals surface area contributed by atoms with Crippen LogP contribution in [0.5, 0.6) is 0 Å². The number of rotatable bonds is 3. The van der Waals surface area contributed by atoms with Crippen molar-refractivity contribution in [1.82, 2.24) is 4.58 Å². The second kappa shape index (κ2) is 6.09. The van der Waals surface area contributed by atoms with Crippen molar-refractivity contribution in [2.45, 2.75) is 13.8 Å². The van der Waals surface area contributed by atoms with E-state index < -0.39 is 0 Å². The van der Waals surface area contributed by atoms with Crippen molar-refractivity contribution >= 4 is 27.1 Å². The Morgan fingerprint density at radius 2 is 1.73 bits per heavy atom. The molecule has 2 aliphatic rings. The van der Waals surface area contributed by atoms with Gasteiger partial charge in [-0.2, -0.15) is 0 Å². The summed E-state index contributed by atoms with van der Waals surface area (Å²) in [7, 11) is 4.18. The second-order valence-electron chi connectivity index (χ2n) is 5.76. The van der Waals surface area contributed by atoms with Crippen LogP contribution < -0.4 is 14.8 Å². The van der Waals surface area contributed by atoms with Crippen LogP contribution in [-0.2, 0) is 0 Å². The lowest BCUT2D eigenvalue weighted by Gasteiger charge is -2.21. The predicted molar refractivity (Wildman–Crippen MR) is 99.1 cm³/mol. The topological polar surface area (TPSA) is 6.25 Å². The molecular formula is C19H23N2S+. The molecule has 0 radical (unpaired) electrons. The monoisotopic (exact) mass is 311 g/mol. The van der Waals surface area contributed by atoms with Crippen LogP contribution in [0.2, 0.25) is 0 Å². The molecule has 0 saturated heterocycles. The van der Waals surface area contributed by atoms with Gasteiger partial charge in [-0.25, -0.2) is 4.58 Å². The van der Waals surface area contributed by atoms with Crippen molar-refractivity contribution in [3.63, 3.8) is 0 Å². The maximum Gasteiger partial charge on any atom is 0.200 e. The van der Waals surface area contributed by atoms with Gasteiger partial charge in [0.25, 0.3) is 0 Å². The van der Waals surface area contributed by atoms with Crippen molar-refractivity contribution < 1.29 is 0 Å². The average molecular weight is 311 g/mol. The van der Waals surface area contributed by atoms with E-state index in [0.29, 0.717) is 0 Å². The highest BCUT2D eigenvalue weighted by molar-refractivity contribution is 7.21. The molecule has 0 amide bonds. The molecule has 3 heteroatoms. The Bertz CT molecular complexity index is 840. The summed E-state index contributed by atoms with van der Waals surface area (Å²) < 4.78 is 3.51. The number of hydrogen-bond donors (Lipinski definition) is 0. The Labute approximate surface area is 136 Å². The molecule has 0 aromatic heterocycles. The van der Waals surface area contributed by atoms with Crippen molar-refractivity contribution in [1.29, 1.82) is 0 Å². The minimum Gasteiger partial charge on any atom is -0.372 e. The van der Waals surface area contributed by atoms with Gasteiger partial charge in [0.2, 0.25) is 5.36 Å². The van der Waals surface area contributed by atoms with E-state index in [1.807, 2.05) is 11.3 Å². The van der Waals surface area contributed by atoms with Crippen LogP contribution in [0, 0.1) is 0 Å². The van der Waals surface area contributed by atoms with Gasteiger partial charge in [0.15, 0.2) is 0 Å². The summed E-state index contributed by atoms with van der Waals surface area (Å²) in [5, 5.41) is 2.58. The molecule has 114 valence electrons. The summed E-state index contributed by atoms with van der Waals surface area (Å²) in [5.41, 5.74) is 2.63. The third-order valence-electron chi connectivity index (χ3n) is 4.17. The molecule has 1 aromatic carbocycles. The van der Waals surface area contributed by atoms with Crippen LogP contribution in [0.15, 0.2) is 42.5 Å². The first-order valence-electron chi connectivity index (χ1n) is 7.85. The lowest BCUT2D eigenvalue weighted by Crippen LogP contribution is -2.21. The van der Waals surface area contributed by atoms with Gasteiger partial charge in [0, 0.05) is 40.5 Å². The van der Waals surface area contributed by atoms with Crippen molar-refractivity contribution in [2.75, 3.05) is 32.1 Å². The van der Waals surface area contributed by atoms with Crippen molar-refractivity contribution in [2.24, 2.45) is 0 Å². The Kier molecular flexibility index (Phi) is 4.16. The van der Waals surface area contributed by atoms with Crippen LogP contribution in [0.3, 0.4) is 0 Å². The fourth-order valence-electron chi connectivity index (χ4n) is 2.81. The minimum atomic E-state index is 1.05. The number of hydrogen-bond acceptors (Lipinski definition) is 2. The zero-order chi connectivity index (χ0) is 15.7. The van der Waals surface area contributed by atoms with E-state index in [1.165, 1.54) is 31.6 Å². The SMILES string of the molecule is CCN(CC)c1ccc2cc3ccc(=[N+](C)C)cc-3sc2c1. The summed E-state index contributed by atoms with van der Waals surface area (Å²) in [6, 6.07) is 15.8. The van der Waals surface area contributed by atoms with E-state index in [-0.39, 0.29) is 0 Å². The summed E-state index contributed by atoms with van der Waals surface area (Å²) >= 11 is 1.88. The quantitative estimate of drug-likeness (QED) is 0.525. The zero-order valence-corrected chi connectivity index (χ0v) is 14.6. The molecule has 0 spiro atoms. The molecule has 0 atom stereocenters. The number of anilines is 1. The Balaban J connectivity index is 2.22. The van der Waals surface area contributed by atoms with Crippen LogP contribution >= 0.6 is 11.3 Å². The molecule has 22 heavy (non-hydrogen) atoms. The van der Waals surface area contributed by atoms with Crippen molar-refractivity contribution in [3.05, 3.63) is 47.8 Å². The molecule has 0 N–H and O–H groups in total. The lowest BCUT2D eigenvalue weighted by molar-refractivity contribution is 0.814. The van der Waals surface area contributed by atoms with Gasteiger partial charge in [-0.3, -0.25) is 0 Å². The predicted octanol–water partition coefficient (Wildman–Crippen LogP) is 3.88. The molecule has 1 aromatic rings. The first-order valence-corrected chi connectivity index (χ1v) is 8.67. The Morgan fingerprint density at radius 3 is 2.41 bits per heavy atom. The number of benzene rings is 2. The van der Waals surface area contributed by atoms with Gasteiger partial charge in [0.05, 0.1) is 0 Å². The van der Waals surface area contributed by atoms with E-state index >= 15 is 0 Å². The maximum atomic E-state index is 2.40. The smallest absolute Gasteiger partial charge is 0.200 e. The highest BCUT2D eigenvalue weighted by Crippen LogP contribution is 2.34. The Hall–Kier alpha value is -1.87. The fraction of sp³-hybridized carbons (Fsp3) is 0.316. The molecular weight excluding hydrogens is 288 g/mol. The second-order valence-corrected chi connectivity index (χ2v) is 6.84. The normalized spacial score (nSPS) is 11.1. The number of nitrogens with zero attached hydrogens (tertiary/aromatic N) is 2. The third-order valence-corrected chi connectivity index (χ3v) is 5.32. The van der Waals surface area contributed by atoms with E-state index in [0.717, 1.165) is 13.1 Å². The minimum absolute atomic E-state index is 1.05.